The highest BCUT2D eigenvalue weighted by molar-refractivity contribution is 5.79. The summed E-state index contributed by atoms with van der Waals surface area (Å²) in [6.45, 7) is 6.10. The van der Waals surface area contributed by atoms with Crippen molar-refractivity contribution in [3.05, 3.63) is 63.9 Å². The number of hydrogen-bond donors (Lipinski definition) is 1. The lowest BCUT2D eigenvalue weighted by molar-refractivity contribution is -0.121. The van der Waals surface area contributed by atoms with Crippen LogP contribution < -0.4 is 10.9 Å². The van der Waals surface area contributed by atoms with E-state index in [4.69, 9.17) is 4.42 Å². The minimum absolute atomic E-state index is 0.0625. The SMILES string of the molecule is Cc1oc2ncn(CC(=O)NC[C@H](C)c3ccccc3)c(=O)c2c1C. The van der Waals surface area contributed by atoms with Crippen molar-refractivity contribution in [3.8, 4) is 0 Å². The summed E-state index contributed by atoms with van der Waals surface area (Å²) in [6.07, 6.45) is 1.35. The molecule has 2 aromatic heterocycles. The van der Waals surface area contributed by atoms with Crippen molar-refractivity contribution in [2.75, 3.05) is 6.54 Å². The zero-order valence-electron chi connectivity index (χ0n) is 14.6. The highest BCUT2D eigenvalue weighted by Gasteiger charge is 2.15. The van der Waals surface area contributed by atoms with Crippen LogP contribution in [-0.2, 0) is 11.3 Å². The van der Waals surface area contributed by atoms with Gasteiger partial charge < -0.3 is 9.73 Å². The topological polar surface area (TPSA) is 77.1 Å². The van der Waals surface area contributed by atoms with Crippen molar-refractivity contribution < 1.29 is 9.21 Å². The molecule has 25 heavy (non-hydrogen) atoms. The predicted molar refractivity (Wildman–Crippen MR) is 95.6 cm³/mol. The van der Waals surface area contributed by atoms with E-state index >= 15 is 0 Å². The Morgan fingerprint density at radius 1 is 1.28 bits per heavy atom. The summed E-state index contributed by atoms with van der Waals surface area (Å²) in [7, 11) is 0. The normalized spacial score (nSPS) is 12.3. The molecule has 1 aromatic carbocycles. The second-order valence-electron chi connectivity index (χ2n) is 6.26. The fourth-order valence-corrected chi connectivity index (χ4v) is 2.76. The Morgan fingerprint density at radius 3 is 2.72 bits per heavy atom. The molecule has 0 saturated carbocycles. The third kappa shape index (κ3) is 3.47. The van der Waals surface area contributed by atoms with Crippen LogP contribution in [-0.4, -0.2) is 22.0 Å². The minimum atomic E-state index is -0.259. The largest absolute Gasteiger partial charge is 0.443 e. The van der Waals surface area contributed by atoms with Gasteiger partial charge in [0.1, 0.15) is 24.0 Å². The maximum atomic E-state index is 12.5. The molecule has 2 heterocycles. The third-order valence-electron chi connectivity index (χ3n) is 4.44. The number of hydrogen-bond acceptors (Lipinski definition) is 4. The van der Waals surface area contributed by atoms with Crippen molar-refractivity contribution in [1.29, 1.82) is 0 Å². The molecule has 1 N–H and O–H groups in total. The zero-order valence-corrected chi connectivity index (χ0v) is 14.6. The summed E-state index contributed by atoms with van der Waals surface area (Å²) >= 11 is 0. The molecule has 0 unspecified atom stereocenters. The van der Waals surface area contributed by atoms with E-state index in [0.717, 1.165) is 11.1 Å². The summed E-state index contributed by atoms with van der Waals surface area (Å²) in [5.74, 6) is 0.642. The molecule has 0 fully saturated rings. The fraction of sp³-hybridized carbons (Fsp3) is 0.316. The number of fused-ring (bicyclic) bond motifs is 1. The molecule has 6 nitrogen and oxygen atoms in total. The molecule has 6 heteroatoms. The molecule has 0 saturated heterocycles. The smallest absolute Gasteiger partial charge is 0.265 e. The van der Waals surface area contributed by atoms with E-state index < -0.39 is 0 Å². The van der Waals surface area contributed by atoms with E-state index in [1.54, 1.807) is 6.92 Å². The summed E-state index contributed by atoms with van der Waals surface area (Å²) < 4.78 is 6.75. The number of amides is 1. The van der Waals surface area contributed by atoms with Crippen LogP contribution in [0.5, 0.6) is 0 Å². The van der Waals surface area contributed by atoms with Gasteiger partial charge in [0, 0.05) is 12.1 Å². The molecule has 0 aliphatic carbocycles. The van der Waals surface area contributed by atoms with Crippen LogP contribution in [0.15, 0.2) is 45.9 Å². The lowest BCUT2D eigenvalue weighted by Crippen LogP contribution is -2.34. The molecule has 0 radical (unpaired) electrons. The lowest BCUT2D eigenvalue weighted by Gasteiger charge is -2.13. The van der Waals surface area contributed by atoms with E-state index in [0.29, 0.717) is 23.4 Å². The van der Waals surface area contributed by atoms with Crippen LogP contribution in [0.3, 0.4) is 0 Å². The maximum Gasteiger partial charge on any atom is 0.265 e. The van der Waals surface area contributed by atoms with Gasteiger partial charge in [-0.3, -0.25) is 14.2 Å². The first-order valence-corrected chi connectivity index (χ1v) is 8.24. The van der Waals surface area contributed by atoms with Gasteiger partial charge in [-0.15, -0.1) is 0 Å². The second kappa shape index (κ2) is 6.93. The standard InChI is InChI=1S/C19H21N3O3/c1-12(15-7-5-4-6-8-15)9-20-16(23)10-22-11-21-18-17(19(22)24)13(2)14(3)25-18/h4-8,11-12H,9-10H2,1-3H3,(H,20,23)/t12-/m0/s1. The molecule has 130 valence electrons. The number of nitrogens with zero attached hydrogens (tertiary/aromatic N) is 2. The van der Waals surface area contributed by atoms with Gasteiger partial charge in [-0.1, -0.05) is 37.3 Å². The van der Waals surface area contributed by atoms with Crippen molar-refractivity contribution in [2.24, 2.45) is 0 Å². The summed E-state index contributed by atoms with van der Waals surface area (Å²) in [5, 5.41) is 3.31. The van der Waals surface area contributed by atoms with Crippen molar-refractivity contribution in [1.82, 2.24) is 14.9 Å². The van der Waals surface area contributed by atoms with E-state index in [1.165, 1.54) is 10.9 Å². The summed E-state index contributed by atoms with van der Waals surface area (Å²) in [6, 6.07) is 9.98. The molecule has 0 bridgehead atoms. The van der Waals surface area contributed by atoms with Crippen molar-refractivity contribution in [3.63, 3.8) is 0 Å². The Hall–Kier alpha value is -2.89. The molecule has 1 atom stereocenters. The molecule has 0 aliphatic heterocycles. The Balaban J connectivity index is 1.69. The summed E-state index contributed by atoms with van der Waals surface area (Å²) in [5.41, 5.74) is 1.98. The van der Waals surface area contributed by atoms with Gasteiger partial charge in [0.2, 0.25) is 11.6 Å². The summed E-state index contributed by atoms with van der Waals surface area (Å²) in [4.78, 5) is 28.9. The van der Waals surface area contributed by atoms with Gasteiger partial charge in [0.25, 0.3) is 5.56 Å². The van der Waals surface area contributed by atoms with Crippen LogP contribution in [0.2, 0.25) is 0 Å². The van der Waals surface area contributed by atoms with Gasteiger partial charge in [0.15, 0.2) is 0 Å². The monoisotopic (exact) mass is 339 g/mol. The quantitative estimate of drug-likeness (QED) is 0.775. The van der Waals surface area contributed by atoms with Crippen LogP contribution >= 0.6 is 0 Å². The molecule has 0 spiro atoms. The first kappa shape index (κ1) is 17.0. The van der Waals surface area contributed by atoms with Gasteiger partial charge in [0.05, 0.1) is 0 Å². The highest BCUT2D eigenvalue weighted by Crippen LogP contribution is 2.19. The molecule has 1 amide bonds. The van der Waals surface area contributed by atoms with Crippen LogP contribution in [0.25, 0.3) is 11.1 Å². The first-order chi connectivity index (χ1) is 12.0. The van der Waals surface area contributed by atoms with Crippen LogP contribution in [0.4, 0.5) is 0 Å². The molecule has 3 aromatic rings. The Bertz CT molecular complexity index is 957. The average molecular weight is 339 g/mol. The Labute approximate surface area is 145 Å². The number of aromatic nitrogens is 2. The van der Waals surface area contributed by atoms with Crippen LogP contribution in [0, 0.1) is 13.8 Å². The fourth-order valence-electron chi connectivity index (χ4n) is 2.76. The van der Waals surface area contributed by atoms with E-state index in [2.05, 4.69) is 10.3 Å². The number of benzene rings is 1. The minimum Gasteiger partial charge on any atom is -0.443 e. The number of rotatable bonds is 5. The highest BCUT2D eigenvalue weighted by atomic mass is 16.3. The number of aryl methyl sites for hydroxylation is 2. The molecule has 3 rings (SSSR count). The van der Waals surface area contributed by atoms with E-state index in [-0.39, 0.29) is 23.9 Å². The van der Waals surface area contributed by atoms with E-state index in [9.17, 15) is 9.59 Å². The maximum absolute atomic E-state index is 12.5. The molecule has 0 aliphatic rings. The number of furan rings is 1. The van der Waals surface area contributed by atoms with Gasteiger partial charge in [-0.25, -0.2) is 4.98 Å². The van der Waals surface area contributed by atoms with Gasteiger partial charge in [-0.2, -0.15) is 0 Å². The second-order valence-corrected chi connectivity index (χ2v) is 6.26. The van der Waals surface area contributed by atoms with Crippen molar-refractivity contribution in [2.45, 2.75) is 33.2 Å². The Morgan fingerprint density at radius 2 is 2.00 bits per heavy atom. The first-order valence-electron chi connectivity index (χ1n) is 8.24. The molecular weight excluding hydrogens is 318 g/mol. The average Bonchev–Trinajstić information content (AvgIpc) is 2.91. The number of carbonyl (C=O) groups is 1. The predicted octanol–water partition coefficient (Wildman–Crippen LogP) is 2.53. The van der Waals surface area contributed by atoms with Crippen molar-refractivity contribution >= 4 is 17.0 Å². The molecular formula is C19H21N3O3. The number of nitrogens with one attached hydrogen (secondary N) is 1. The zero-order chi connectivity index (χ0) is 18.0. The van der Waals surface area contributed by atoms with Gasteiger partial charge >= 0.3 is 0 Å². The Kier molecular flexibility index (Phi) is 4.70. The van der Waals surface area contributed by atoms with Gasteiger partial charge in [-0.05, 0) is 25.3 Å². The van der Waals surface area contributed by atoms with Crippen LogP contribution in [0.1, 0.15) is 29.7 Å². The number of carbonyl (C=O) groups excluding carboxylic acids is 1. The third-order valence-corrected chi connectivity index (χ3v) is 4.44. The lowest BCUT2D eigenvalue weighted by atomic mass is 10.0. The van der Waals surface area contributed by atoms with E-state index in [1.807, 2.05) is 44.2 Å².